The summed E-state index contributed by atoms with van der Waals surface area (Å²) in [6.07, 6.45) is 5.18. The second kappa shape index (κ2) is 9.34. The minimum Gasteiger partial charge on any atom is -0.467 e. The van der Waals surface area contributed by atoms with Crippen molar-refractivity contribution in [2.45, 2.75) is 57.5 Å². The fraction of sp³-hybridized carbons (Fsp3) is 0.571. The molecule has 0 spiro atoms. The van der Waals surface area contributed by atoms with Crippen LogP contribution in [0.4, 0.5) is 5.95 Å². The Morgan fingerprint density at radius 2 is 2.07 bits per heavy atom. The van der Waals surface area contributed by atoms with E-state index in [9.17, 15) is 0 Å². The van der Waals surface area contributed by atoms with Gasteiger partial charge in [-0.05, 0) is 43.2 Å². The average Bonchev–Trinajstić information content (AvgIpc) is 3.42. The summed E-state index contributed by atoms with van der Waals surface area (Å²) in [6.45, 7) is 9.53. The number of hydrogen-bond donors (Lipinski definition) is 0. The quantitative estimate of drug-likeness (QED) is 0.462. The van der Waals surface area contributed by atoms with Crippen molar-refractivity contribution >= 4 is 29.0 Å². The zero-order valence-electron chi connectivity index (χ0n) is 17.4. The zero-order chi connectivity index (χ0) is 20.2. The second-order valence-corrected chi connectivity index (χ2v) is 9.96. The van der Waals surface area contributed by atoms with Gasteiger partial charge in [0.15, 0.2) is 5.16 Å². The zero-order valence-corrected chi connectivity index (χ0v) is 19.0. The van der Waals surface area contributed by atoms with E-state index in [4.69, 9.17) is 9.40 Å². The van der Waals surface area contributed by atoms with E-state index in [1.165, 1.54) is 11.4 Å². The van der Waals surface area contributed by atoms with Crippen LogP contribution in [0.2, 0.25) is 0 Å². The standard InChI is InChI=1S/C21H29N5OS2/c1-4-6-19-22-17(13-28-19)14-29-21-24-23-20(25-10-15(2)9-16(3)11-25)26(21)12-18-7-5-8-27-18/h5,7-8,13,15-16H,4,6,9-12,14H2,1-3H3. The summed E-state index contributed by atoms with van der Waals surface area (Å²) < 4.78 is 7.83. The molecule has 156 valence electrons. The number of furan rings is 1. The highest BCUT2D eigenvalue weighted by atomic mass is 32.2. The fourth-order valence-corrected chi connectivity index (χ4v) is 5.86. The molecule has 0 aliphatic carbocycles. The first-order valence-electron chi connectivity index (χ1n) is 10.4. The van der Waals surface area contributed by atoms with E-state index in [1.807, 2.05) is 12.1 Å². The number of thioether (sulfide) groups is 1. The van der Waals surface area contributed by atoms with Gasteiger partial charge in [-0.1, -0.05) is 32.5 Å². The van der Waals surface area contributed by atoms with Crippen molar-refractivity contribution in [1.82, 2.24) is 19.7 Å². The van der Waals surface area contributed by atoms with E-state index in [-0.39, 0.29) is 0 Å². The van der Waals surface area contributed by atoms with E-state index in [2.05, 4.69) is 45.8 Å². The van der Waals surface area contributed by atoms with Crippen LogP contribution in [-0.4, -0.2) is 32.8 Å². The number of piperidine rings is 1. The molecule has 3 aromatic heterocycles. The number of aromatic nitrogens is 4. The lowest BCUT2D eigenvalue weighted by atomic mass is 9.92. The SMILES string of the molecule is CCCc1nc(CSc2nnc(N3CC(C)CC(C)C3)n2Cc2ccco2)cs1. The predicted octanol–water partition coefficient (Wildman–Crippen LogP) is 5.10. The molecule has 0 saturated carbocycles. The highest BCUT2D eigenvalue weighted by Crippen LogP contribution is 2.30. The predicted molar refractivity (Wildman–Crippen MR) is 119 cm³/mol. The molecular formula is C21H29N5OS2. The molecule has 3 aromatic rings. The lowest BCUT2D eigenvalue weighted by Crippen LogP contribution is -2.40. The molecule has 0 bridgehead atoms. The van der Waals surface area contributed by atoms with Gasteiger partial charge in [0, 0.05) is 24.2 Å². The van der Waals surface area contributed by atoms with Gasteiger partial charge in [0.25, 0.3) is 0 Å². The van der Waals surface area contributed by atoms with Gasteiger partial charge in [-0.2, -0.15) is 0 Å². The lowest BCUT2D eigenvalue weighted by molar-refractivity contribution is 0.350. The Bertz CT molecular complexity index is 894. The van der Waals surface area contributed by atoms with E-state index < -0.39 is 0 Å². The Balaban J connectivity index is 1.54. The summed E-state index contributed by atoms with van der Waals surface area (Å²) in [5.74, 6) is 4.01. The molecule has 0 N–H and O–H groups in total. The van der Waals surface area contributed by atoms with Gasteiger partial charge >= 0.3 is 0 Å². The van der Waals surface area contributed by atoms with Crippen molar-refractivity contribution in [3.8, 4) is 0 Å². The van der Waals surface area contributed by atoms with E-state index in [0.29, 0.717) is 18.4 Å². The van der Waals surface area contributed by atoms with Gasteiger partial charge in [-0.3, -0.25) is 4.57 Å². The number of anilines is 1. The molecule has 1 fully saturated rings. The molecule has 6 nitrogen and oxygen atoms in total. The van der Waals surface area contributed by atoms with Crippen molar-refractivity contribution < 1.29 is 4.42 Å². The Hall–Kier alpha value is -1.80. The normalized spacial score (nSPS) is 19.8. The van der Waals surface area contributed by atoms with Crippen LogP contribution in [0, 0.1) is 11.8 Å². The third-order valence-corrected chi connectivity index (χ3v) is 7.11. The van der Waals surface area contributed by atoms with Gasteiger partial charge in [-0.25, -0.2) is 4.98 Å². The number of rotatable bonds is 8. The van der Waals surface area contributed by atoms with Crippen molar-refractivity contribution in [3.05, 3.63) is 40.2 Å². The largest absolute Gasteiger partial charge is 0.467 e. The number of thiazole rings is 1. The molecule has 2 atom stereocenters. The van der Waals surface area contributed by atoms with E-state index in [0.717, 1.165) is 54.2 Å². The van der Waals surface area contributed by atoms with Crippen LogP contribution in [0.1, 0.15) is 50.1 Å². The molecule has 4 rings (SSSR count). The maximum atomic E-state index is 5.62. The first-order valence-corrected chi connectivity index (χ1v) is 12.3. The van der Waals surface area contributed by atoms with Gasteiger partial charge in [0.1, 0.15) is 5.76 Å². The maximum absolute atomic E-state index is 5.62. The highest BCUT2D eigenvalue weighted by Gasteiger charge is 2.27. The van der Waals surface area contributed by atoms with Crippen LogP contribution >= 0.6 is 23.1 Å². The Morgan fingerprint density at radius 1 is 1.24 bits per heavy atom. The van der Waals surface area contributed by atoms with Gasteiger partial charge in [0.05, 0.1) is 23.5 Å². The van der Waals surface area contributed by atoms with Crippen LogP contribution in [-0.2, 0) is 18.7 Å². The molecule has 8 heteroatoms. The van der Waals surface area contributed by atoms with Crippen molar-refractivity contribution in [2.24, 2.45) is 11.8 Å². The summed E-state index contributed by atoms with van der Waals surface area (Å²) in [5, 5.41) is 13.5. The molecule has 0 amide bonds. The first-order chi connectivity index (χ1) is 14.1. The Labute approximate surface area is 180 Å². The number of aryl methyl sites for hydroxylation is 1. The lowest BCUT2D eigenvalue weighted by Gasteiger charge is -2.35. The molecule has 1 saturated heterocycles. The third kappa shape index (κ3) is 5.04. The summed E-state index contributed by atoms with van der Waals surface area (Å²) in [5.41, 5.74) is 1.12. The first kappa shape index (κ1) is 20.5. The van der Waals surface area contributed by atoms with Crippen LogP contribution in [0.3, 0.4) is 0 Å². The summed E-state index contributed by atoms with van der Waals surface area (Å²) in [4.78, 5) is 7.14. The Kier molecular flexibility index (Phi) is 6.60. The van der Waals surface area contributed by atoms with Crippen LogP contribution in [0.25, 0.3) is 0 Å². The monoisotopic (exact) mass is 431 g/mol. The highest BCUT2D eigenvalue weighted by molar-refractivity contribution is 7.98. The van der Waals surface area contributed by atoms with Crippen LogP contribution in [0.5, 0.6) is 0 Å². The van der Waals surface area contributed by atoms with Crippen LogP contribution in [0.15, 0.2) is 33.3 Å². The third-order valence-electron chi connectivity index (χ3n) is 5.16. The molecular weight excluding hydrogens is 402 g/mol. The van der Waals surface area contributed by atoms with Crippen molar-refractivity contribution in [1.29, 1.82) is 0 Å². The molecule has 2 unspecified atom stereocenters. The Morgan fingerprint density at radius 3 is 2.79 bits per heavy atom. The molecule has 1 aliphatic heterocycles. The average molecular weight is 432 g/mol. The van der Waals surface area contributed by atoms with Gasteiger partial charge < -0.3 is 9.32 Å². The number of hydrogen-bond acceptors (Lipinski definition) is 7. The molecule has 1 aliphatic rings. The van der Waals surface area contributed by atoms with Crippen molar-refractivity contribution in [2.75, 3.05) is 18.0 Å². The minimum absolute atomic E-state index is 0.648. The molecule has 0 radical (unpaired) electrons. The van der Waals surface area contributed by atoms with Crippen molar-refractivity contribution in [3.63, 3.8) is 0 Å². The minimum atomic E-state index is 0.648. The van der Waals surface area contributed by atoms with E-state index >= 15 is 0 Å². The second-order valence-electron chi connectivity index (χ2n) is 8.07. The summed E-state index contributed by atoms with van der Waals surface area (Å²) >= 11 is 3.46. The number of nitrogens with zero attached hydrogens (tertiary/aromatic N) is 5. The van der Waals surface area contributed by atoms with Gasteiger partial charge in [0.2, 0.25) is 5.95 Å². The summed E-state index contributed by atoms with van der Waals surface area (Å²) in [7, 11) is 0. The summed E-state index contributed by atoms with van der Waals surface area (Å²) in [6, 6.07) is 3.94. The molecule has 29 heavy (non-hydrogen) atoms. The maximum Gasteiger partial charge on any atom is 0.228 e. The molecule has 4 heterocycles. The topological polar surface area (TPSA) is 60.0 Å². The van der Waals surface area contributed by atoms with E-state index in [1.54, 1.807) is 29.4 Å². The van der Waals surface area contributed by atoms with Crippen LogP contribution < -0.4 is 4.90 Å². The smallest absolute Gasteiger partial charge is 0.228 e. The van der Waals surface area contributed by atoms with Gasteiger partial charge in [-0.15, -0.1) is 21.5 Å². The fourth-order valence-electron chi connectivity index (χ4n) is 4.03. The molecule has 0 aromatic carbocycles.